The summed E-state index contributed by atoms with van der Waals surface area (Å²) in [6, 6.07) is 7.08. The summed E-state index contributed by atoms with van der Waals surface area (Å²) < 4.78 is 13.1. The number of pyridine rings is 1. The standard InChI is InChI=1S/C15H15FN2O2/c1-18(9-11-4-6-17-7-5-11)10-15(20)13-8-12(16)2-3-14(13)19/h2-8,19H,9-10H2,1H3. The zero-order valence-electron chi connectivity index (χ0n) is 11.1. The Labute approximate surface area is 116 Å². The van der Waals surface area contributed by atoms with E-state index >= 15 is 0 Å². The molecule has 1 heterocycles. The van der Waals surface area contributed by atoms with Crippen LogP contribution in [-0.4, -0.2) is 34.4 Å². The van der Waals surface area contributed by atoms with Gasteiger partial charge in [-0.3, -0.25) is 14.7 Å². The van der Waals surface area contributed by atoms with Crippen molar-refractivity contribution in [1.82, 2.24) is 9.88 Å². The first-order valence-electron chi connectivity index (χ1n) is 6.15. The number of halogens is 1. The molecule has 2 rings (SSSR count). The van der Waals surface area contributed by atoms with Gasteiger partial charge in [-0.1, -0.05) is 0 Å². The van der Waals surface area contributed by atoms with E-state index in [1.54, 1.807) is 24.3 Å². The second-order valence-electron chi connectivity index (χ2n) is 4.61. The number of rotatable bonds is 5. The van der Waals surface area contributed by atoms with Crippen LogP contribution < -0.4 is 0 Å². The molecule has 1 N–H and O–H groups in total. The summed E-state index contributed by atoms with van der Waals surface area (Å²) >= 11 is 0. The van der Waals surface area contributed by atoms with E-state index in [0.29, 0.717) is 6.54 Å². The molecule has 0 aliphatic heterocycles. The minimum atomic E-state index is -0.539. The number of hydrogen-bond donors (Lipinski definition) is 1. The maximum absolute atomic E-state index is 13.1. The van der Waals surface area contributed by atoms with Crippen molar-refractivity contribution in [2.45, 2.75) is 6.54 Å². The number of nitrogens with zero attached hydrogens (tertiary/aromatic N) is 2. The molecular weight excluding hydrogens is 259 g/mol. The van der Waals surface area contributed by atoms with Crippen LogP contribution in [0.2, 0.25) is 0 Å². The quantitative estimate of drug-likeness (QED) is 0.850. The highest BCUT2D eigenvalue weighted by Crippen LogP contribution is 2.18. The van der Waals surface area contributed by atoms with E-state index in [2.05, 4.69) is 4.98 Å². The van der Waals surface area contributed by atoms with Gasteiger partial charge in [0.15, 0.2) is 5.78 Å². The Kier molecular flexibility index (Phi) is 4.42. The van der Waals surface area contributed by atoms with Crippen molar-refractivity contribution >= 4 is 5.78 Å². The van der Waals surface area contributed by atoms with Crippen molar-refractivity contribution in [3.8, 4) is 5.75 Å². The molecule has 0 fully saturated rings. The van der Waals surface area contributed by atoms with Gasteiger partial charge in [0.05, 0.1) is 12.1 Å². The Morgan fingerprint density at radius 3 is 2.70 bits per heavy atom. The van der Waals surface area contributed by atoms with Crippen LogP contribution in [0.3, 0.4) is 0 Å². The van der Waals surface area contributed by atoms with E-state index in [9.17, 15) is 14.3 Å². The molecule has 1 aromatic heterocycles. The van der Waals surface area contributed by atoms with Crippen LogP contribution in [-0.2, 0) is 6.54 Å². The molecule has 4 nitrogen and oxygen atoms in total. The minimum Gasteiger partial charge on any atom is -0.507 e. The van der Waals surface area contributed by atoms with Gasteiger partial charge >= 0.3 is 0 Å². The van der Waals surface area contributed by atoms with Crippen LogP contribution in [0.5, 0.6) is 5.75 Å². The van der Waals surface area contributed by atoms with Crippen LogP contribution in [0.25, 0.3) is 0 Å². The van der Waals surface area contributed by atoms with Gasteiger partial charge in [-0.25, -0.2) is 4.39 Å². The Balaban J connectivity index is 2.02. The van der Waals surface area contributed by atoms with Gasteiger partial charge < -0.3 is 5.11 Å². The van der Waals surface area contributed by atoms with Gasteiger partial charge in [-0.15, -0.1) is 0 Å². The lowest BCUT2D eigenvalue weighted by Gasteiger charge is -2.16. The fourth-order valence-electron chi connectivity index (χ4n) is 1.92. The lowest BCUT2D eigenvalue weighted by atomic mass is 10.1. The Morgan fingerprint density at radius 1 is 1.30 bits per heavy atom. The summed E-state index contributed by atoms with van der Waals surface area (Å²) in [5.74, 6) is -1.06. The largest absolute Gasteiger partial charge is 0.507 e. The first-order valence-corrected chi connectivity index (χ1v) is 6.15. The van der Waals surface area contributed by atoms with Crippen LogP contribution in [0.1, 0.15) is 15.9 Å². The Hall–Kier alpha value is -2.27. The highest BCUT2D eigenvalue weighted by Gasteiger charge is 2.14. The van der Waals surface area contributed by atoms with Gasteiger partial charge in [0.2, 0.25) is 0 Å². The lowest BCUT2D eigenvalue weighted by molar-refractivity contribution is 0.0940. The second kappa shape index (κ2) is 6.25. The van der Waals surface area contributed by atoms with Crippen molar-refractivity contribution in [3.05, 3.63) is 59.7 Å². The molecule has 1 aromatic carbocycles. The van der Waals surface area contributed by atoms with Gasteiger partial charge in [0, 0.05) is 18.9 Å². The molecule has 20 heavy (non-hydrogen) atoms. The van der Waals surface area contributed by atoms with Crippen molar-refractivity contribution < 1.29 is 14.3 Å². The summed E-state index contributed by atoms with van der Waals surface area (Å²) in [5, 5.41) is 9.59. The third kappa shape index (κ3) is 3.61. The maximum atomic E-state index is 13.1. The molecule has 0 atom stereocenters. The molecule has 0 saturated carbocycles. The van der Waals surface area contributed by atoms with Crippen LogP contribution in [0.4, 0.5) is 4.39 Å². The summed E-state index contributed by atoms with van der Waals surface area (Å²) in [4.78, 5) is 17.8. The Morgan fingerprint density at radius 2 is 2.00 bits per heavy atom. The zero-order chi connectivity index (χ0) is 14.5. The predicted octanol–water partition coefficient (Wildman–Crippen LogP) is 2.24. The van der Waals surface area contributed by atoms with E-state index in [1.807, 2.05) is 12.1 Å². The number of phenols is 1. The molecule has 0 spiro atoms. The molecule has 5 heteroatoms. The fraction of sp³-hybridized carbons (Fsp3) is 0.200. The fourth-order valence-corrected chi connectivity index (χ4v) is 1.92. The number of likely N-dealkylation sites (N-methyl/N-ethyl adjacent to an activating group) is 1. The predicted molar refractivity (Wildman–Crippen MR) is 73.0 cm³/mol. The topological polar surface area (TPSA) is 53.4 Å². The molecule has 0 amide bonds. The van der Waals surface area contributed by atoms with Gasteiger partial charge in [-0.2, -0.15) is 0 Å². The number of phenolic OH excluding ortho intramolecular Hbond substituents is 1. The number of Topliss-reactive ketones (excluding diaryl/α,β-unsaturated/α-hetero) is 1. The van der Waals surface area contributed by atoms with Crippen molar-refractivity contribution in [1.29, 1.82) is 0 Å². The van der Waals surface area contributed by atoms with Crippen molar-refractivity contribution in [3.63, 3.8) is 0 Å². The molecule has 0 bridgehead atoms. The van der Waals surface area contributed by atoms with E-state index in [1.165, 1.54) is 6.07 Å². The van der Waals surface area contributed by atoms with Crippen LogP contribution in [0, 0.1) is 5.82 Å². The second-order valence-corrected chi connectivity index (χ2v) is 4.61. The molecular formula is C15H15FN2O2. The molecule has 2 aromatic rings. The number of aromatic nitrogens is 1. The van der Waals surface area contributed by atoms with Crippen molar-refractivity contribution in [2.75, 3.05) is 13.6 Å². The normalized spacial score (nSPS) is 10.8. The monoisotopic (exact) mass is 274 g/mol. The number of benzene rings is 1. The molecule has 0 aliphatic carbocycles. The number of ketones is 1. The molecule has 0 radical (unpaired) electrons. The highest BCUT2D eigenvalue weighted by atomic mass is 19.1. The van der Waals surface area contributed by atoms with Gasteiger partial charge in [0.1, 0.15) is 11.6 Å². The number of carbonyl (C=O) groups is 1. The summed E-state index contributed by atoms with van der Waals surface area (Å²) in [6.45, 7) is 0.670. The molecule has 0 unspecified atom stereocenters. The number of carbonyl (C=O) groups excluding carboxylic acids is 1. The molecule has 104 valence electrons. The first-order chi connectivity index (χ1) is 9.56. The number of hydrogen-bond acceptors (Lipinski definition) is 4. The minimum absolute atomic E-state index is 0.00609. The smallest absolute Gasteiger partial charge is 0.180 e. The van der Waals surface area contributed by atoms with E-state index in [0.717, 1.165) is 17.7 Å². The third-order valence-corrected chi connectivity index (χ3v) is 2.87. The van der Waals surface area contributed by atoms with Gasteiger partial charge in [-0.05, 0) is 42.9 Å². The SMILES string of the molecule is CN(CC(=O)c1cc(F)ccc1O)Cc1ccncc1. The lowest BCUT2D eigenvalue weighted by Crippen LogP contribution is -2.25. The maximum Gasteiger partial charge on any atom is 0.180 e. The van der Waals surface area contributed by atoms with E-state index in [4.69, 9.17) is 0 Å². The summed E-state index contributed by atoms with van der Waals surface area (Å²) in [7, 11) is 1.79. The average Bonchev–Trinajstić information content (AvgIpc) is 2.42. The third-order valence-electron chi connectivity index (χ3n) is 2.87. The highest BCUT2D eigenvalue weighted by molar-refractivity contribution is 5.99. The number of aromatic hydroxyl groups is 1. The average molecular weight is 274 g/mol. The van der Waals surface area contributed by atoms with Crippen molar-refractivity contribution in [2.24, 2.45) is 0 Å². The Bertz CT molecular complexity index is 602. The van der Waals surface area contributed by atoms with E-state index < -0.39 is 5.82 Å². The first kappa shape index (κ1) is 14.1. The summed E-state index contributed by atoms with van der Waals surface area (Å²) in [6.07, 6.45) is 3.37. The van der Waals surface area contributed by atoms with Crippen LogP contribution >= 0.6 is 0 Å². The van der Waals surface area contributed by atoms with Crippen LogP contribution in [0.15, 0.2) is 42.7 Å². The van der Waals surface area contributed by atoms with E-state index in [-0.39, 0.29) is 23.6 Å². The zero-order valence-corrected chi connectivity index (χ0v) is 11.1. The summed E-state index contributed by atoms with van der Waals surface area (Å²) in [5.41, 5.74) is 1.03. The van der Waals surface area contributed by atoms with Gasteiger partial charge in [0.25, 0.3) is 0 Å². The molecule has 0 aliphatic rings. The molecule has 0 saturated heterocycles.